The van der Waals surface area contributed by atoms with Crippen molar-refractivity contribution in [2.75, 3.05) is 10.7 Å². The Bertz CT molecular complexity index is 445. The number of amides is 1. The Morgan fingerprint density at radius 2 is 2.07 bits per heavy atom. The maximum absolute atomic E-state index is 11.5. The largest absolute Gasteiger partial charge is 0.273 e. The van der Waals surface area contributed by atoms with E-state index < -0.39 is 0 Å². The summed E-state index contributed by atoms with van der Waals surface area (Å²) in [6.07, 6.45) is 0. The van der Waals surface area contributed by atoms with Crippen LogP contribution in [0.15, 0.2) is 24.3 Å². The Kier molecular flexibility index (Phi) is 2.71. The average molecular weight is 234 g/mol. The second-order valence-corrected chi connectivity index (χ2v) is 4.55. The van der Waals surface area contributed by atoms with Crippen LogP contribution in [0.3, 0.4) is 0 Å². The third-order valence-electron chi connectivity index (χ3n) is 2.01. The lowest BCUT2D eigenvalue weighted by molar-refractivity contribution is -0.115. The van der Waals surface area contributed by atoms with Crippen molar-refractivity contribution in [3.05, 3.63) is 29.8 Å². The first-order valence-electron chi connectivity index (χ1n) is 4.22. The summed E-state index contributed by atoms with van der Waals surface area (Å²) in [6.45, 7) is 0. The molecule has 3 nitrogen and oxygen atoms in total. The van der Waals surface area contributed by atoms with Crippen molar-refractivity contribution in [3.8, 4) is 6.07 Å². The third kappa shape index (κ3) is 1.87. The van der Waals surface area contributed by atoms with Gasteiger partial charge in [-0.25, -0.2) is 0 Å². The number of benzene rings is 1. The molecule has 0 spiro atoms. The molecule has 1 aliphatic rings. The number of nitrogens with zero attached hydrogens (tertiary/aromatic N) is 2. The number of hydrogen-bond acceptors (Lipinski definition) is 4. The summed E-state index contributed by atoms with van der Waals surface area (Å²) in [7, 11) is 0. The summed E-state index contributed by atoms with van der Waals surface area (Å²) in [5.41, 5.74) is 1.30. The van der Waals surface area contributed by atoms with Crippen LogP contribution in [0.1, 0.15) is 5.56 Å². The summed E-state index contributed by atoms with van der Waals surface area (Å²) in [6, 6.07) is 8.84. The Labute approximate surface area is 96.7 Å². The molecule has 0 bridgehead atoms. The molecule has 1 aliphatic heterocycles. The van der Waals surface area contributed by atoms with E-state index in [1.807, 2.05) is 6.07 Å². The smallest absolute Gasteiger partial charge is 0.243 e. The molecule has 15 heavy (non-hydrogen) atoms. The first-order valence-corrected chi connectivity index (χ1v) is 5.61. The molecule has 2 rings (SSSR count). The highest BCUT2D eigenvalue weighted by atomic mass is 32.2. The summed E-state index contributed by atoms with van der Waals surface area (Å²) in [5, 5.41) is 8.64. The zero-order valence-corrected chi connectivity index (χ0v) is 9.27. The van der Waals surface area contributed by atoms with Crippen LogP contribution in [0.2, 0.25) is 0 Å². The number of carbonyl (C=O) groups is 1. The van der Waals surface area contributed by atoms with Crippen LogP contribution >= 0.6 is 24.0 Å². The minimum Gasteiger partial charge on any atom is -0.273 e. The predicted octanol–water partition coefficient (Wildman–Crippen LogP) is 1.92. The van der Waals surface area contributed by atoms with Gasteiger partial charge in [-0.1, -0.05) is 24.0 Å². The van der Waals surface area contributed by atoms with Crippen molar-refractivity contribution in [2.45, 2.75) is 0 Å². The number of carbonyl (C=O) groups excluding carboxylic acids is 1. The van der Waals surface area contributed by atoms with E-state index >= 15 is 0 Å². The summed E-state index contributed by atoms with van der Waals surface area (Å²) < 4.78 is 0.574. The molecule has 1 aromatic rings. The van der Waals surface area contributed by atoms with Crippen LogP contribution in [0.5, 0.6) is 0 Å². The maximum Gasteiger partial charge on any atom is 0.243 e. The zero-order valence-electron chi connectivity index (χ0n) is 7.64. The van der Waals surface area contributed by atoms with Gasteiger partial charge in [-0.15, -0.1) is 0 Å². The molecule has 0 N–H and O–H groups in total. The van der Waals surface area contributed by atoms with Gasteiger partial charge in [0.2, 0.25) is 5.91 Å². The molecule has 1 amide bonds. The molecule has 1 saturated heterocycles. The van der Waals surface area contributed by atoms with Crippen LogP contribution in [0.25, 0.3) is 0 Å². The third-order valence-corrected chi connectivity index (χ3v) is 3.36. The second-order valence-electron chi connectivity index (χ2n) is 2.94. The number of anilines is 1. The van der Waals surface area contributed by atoms with Gasteiger partial charge in [0.25, 0.3) is 0 Å². The highest BCUT2D eigenvalue weighted by Gasteiger charge is 2.27. The van der Waals surface area contributed by atoms with Gasteiger partial charge < -0.3 is 0 Å². The predicted molar refractivity (Wildman–Crippen MR) is 63.7 cm³/mol. The van der Waals surface area contributed by atoms with E-state index in [4.69, 9.17) is 17.5 Å². The van der Waals surface area contributed by atoms with Crippen LogP contribution in [0.4, 0.5) is 5.69 Å². The van der Waals surface area contributed by atoms with E-state index in [-0.39, 0.29) is 5.91 Å². The van der Waals surface area contributed by atoms with Gasteiger partial charge in [0.05, 0.1) is 23.1 Å². The van der Waals surface area contributed by atoms with E-state index in [9.17, 15) is 4.79 Å². The van der Waals surface area contributed by atoms with E-state index in [1.165, 1.54) is 16.7 Å². The number of thiocarbonyl (C=S) groups is 1. The maximum atomic E-state index is 11.5. The molecule has 0 unspecified atom stereocenters. The monoisotopic (exact) mass is 234 g/mol. The molecule has 1 fully saturated rings. The average Bonchev–Trinajstić information content (AvgIpc) is 2.59. The highest BCUT2D eigenvalue weighted by molar-refractivity contribution is 8.24. The first-order chi connectivity index (χ1) is 7.22. The SMILES string of the molecule is N#Cc1ccc(N2C(=O)CSC2=S)cc1. The number of thioether (sulfide) groups is 1. The van der Waals surface area contributed by atoms with Crippen LogP contribution in [-0.2, 0) is 4.79 Å². The molecular weight excluding hydrogens is 228 g/mol. The van der Waals surface area contributed by atoms with Crippen LogP contribution in [-0.4, -0.2) is 16.0 Å². The summed E-state index contributed by atoms with van der Waals surface area (Å²) in [5.74, 6) is 0.397. The molecule has 0 radical (unpaired) electrons. The summed E-state index contributed by atoms with van der Waals surface area (Å²) >= 11 is 6.42. The van der Waals surface area contributed by atoms with Gasteiger partial charge in [-0.2, -0.15) is 5.26 Å². The molecule has 0 atom stereocenters. The van der Waals surface area contributed by atoms with Gasteiger partial charge in [0.15, 0.2) is 0 Å². The lowest BCUT2D eigenvalue weighted by Crippen LogP contribution is -2.27. The highest BCUT2D eigenvalue weighted by Crippen LogP contribution is 2.26. The van der Waals surface area contributed by atoms with Gasteiger partial charge in [0.1, 0.15) is 4.32 Å². The fraction of sp³-hybridized carbons (Fsp3) is 0.100. The molecule has 0 aromatic heterocycles. The van der Waals surface area contributed by atoms with E-state index in [2.05, 4.69) is 0 Å². The molecule has 0 saturated carbocycles. The van der Waals surface area contributed by atoms with E-state index in [0.717, 1.165) is 5.69 Å². The van der Waals surface area contributed by atoms with Crippen molar-refractivity contribution in [3.63, 3.8) is 0 Å². The Morgan fingerprint density at radius 3 is 2.53 bits per heavy atom. The van der Waals surface area contributed by atoms with Gasteiger partial charge in [-0.3, -0.25) is 9.69 Å². The van der Waals surface area contributed by atoms with Gasteiger partial charge in [-0.05, 0) is 24.3 Å². The molecule has 0 aliphatic carbocycles. The van der Waals surface area contributed by atoms with Crippen LogP contribution < -0.4 is 4.90 Å². The molecular formula is C10H6N2OS2. The quantitative estimate of drug-likeness (QED) is 0.696. The molecule has 1 aromatic carbocycles. The Morgan fingerprint density at radius 1 is 1.40 bits per heavy atom. The van der Waals surface area contributed by atoms with E-state index in [0.29, 0.717) is 15.6 Å². The Balaban J connectivity index is 2.34. The minimum atomic E-state index is -0.00490. The minimum absolute atomic E-state index is 0.00490. The van der Waals surface area contributed by atoms with Gasteiger partial charge in [0, 0.05) is 0 Å². The molecule has 1 heterocycles. The normalized spacial score (nSPS) is 15.5. The topological polar surface area (TPSA) is 44.1 Å². The fourth-order valence-corrected chi connectivity index (χ4v) is 2.39. The fourth-order valence-electron chi connectivity index (χ4n) is 1.29. The van der Waals surface area contributed by atoms with Crippen molar-refractivity contribution in [1.29, 1.82) is 5.26 Å². The second kappa shape index (κ2) is 4.01. The van der Waals surface area contributed by atoms with Crippen molar-refractivity contribution in [2.24, 2.45) is 0 Å². The lowest BCUT2D eigenvalue weighted by atomic mass is 10.2. The molecule has 74 valence electrons. The molecule has 5 heteroatoms. The van der Waals surface area contributed by atoms with Gasteiger partial charge >= 0.3 is 0 Å². The number of nitriles is 1. The summed E-state index contributed by atoms with van der Waals surface area (Å²) in [4.78, 5) is 13.0. The standard InChI is InChI=1S/C10H6N2OS2/c11-5-7-1-3-8(4-2-7)12-9(13)6-15-10(12)14/h1-4H,6H2. The first kappa shape index (κ1) is 10.1. The van der Waals surface area contributed by atoms with Crippen molar-refractivity contribution in [1.82, 2.24) is 0 Å². The lowest BCUT2D eigenvalue weighted by Gasteiger charge is -2.14. The van der Waals surface area contributed by atoms with Crippen molar-refractivity contribution < 1.29 is 4.79 Å². The number of rotatable bonds is 1. The van der Waals surface area contributed by atoms with Crippen LogP contribution in [0, 0.1) is 11.3 Å². The Hall–Kier alpha value is -1.38. The van der Waals surface area contributed by atoms with E-state index in [1.54, 1.807) is 24.3 Å². The number of hydrogen-bond donors (Lipinski definition) is 0. The zero-order chi connectivity index (χ0) is 10.8. The van der Waals surface area contributed by atoms with Crippen molar-refractivity contribution >= 4 is 39.9 Å².